The van der Waals surface area contributed by atoms with Gasteiger partial charge in [-0.25, -0.2) is 0 Å². The number of halogens is 2. The molecule has 114 valence electrons. The molecule has 0 amide bonds. The van der Waals surface area contributed by atoms with Crippen molar-refractivity contribution in [2.24, 2.45) is 0 Å². The van der Waals surface area contributed by atoms with E-state index < -0.39 is 0 Å². The van der Waals surface area contributed by atoms with Crippen LogP contribution in [0.3, 0.4) is 0 Å². The largest absolute Gasteiger partial charge is 0.384 e. The summed E-state index contributed by atoms with van der Waals surface area (Å²) < 4.78 is 0. The zero-order chi connectivity index (χ0) is 15.7. The van der Waals surface area contributed by atoms with E-state index in [1.807, 2.05) is 36.5 Å². The normalized spacial score (nSPS) is 11.8. The van der Waals surface area contributed by atoms with Crippen LogP contribution in [0, 0.1) is 0 Å². The molecule has 0 unspecified atom stereocenters. The Balaban J connectivity index is 1.77. The number of fused-ring (bicyclic) bond motifs is 1. The predicted octanol–water partition coefficient (Wildman–Crippen LogP) is 5.26. The van der Waals surface area contributed by atoms with Gasteiger partial charge in [0.05, 0.1) is 21.8 Å². The molecule has 0 saturated heterocycles. The van der Waals surface area contributed by atoms with Crippen molar-refractivity contribution in [3.8, 4) is 0 Å². The lowest BCUT2D eigenvalue weighted by Crippen LogP contribution is -2.27. The van der Waals surface area contributed by atoms with Crippen molar-refractivity contribution < 1.29 is 0 Å². The summed E-state index contributed by atoms with van der Waals surface area (Å²) in [6.07, 6.45) is 1.82. The van der Waals surface area contributed by atoms with Crippen molar-refractivity contribution in [1.82, 2.24) is 10.2 Å². The van der Waals surface area contributed by atoms with Crippen molar-refractivity contribution in [2.45, 2.75) is 19.3 Å². The van der Waals surface area contributed by atoms with E-state index in [-0.39, 0.29) is 5.41 Å². The van der Waals surface area contributed by atoms with Crippen LogP contribution in [0.25, 0.3) is 10.9 Å². The Bertz CT molecular complexity index is 809. The molecule has 0 fully saturated rings. The van der Waals surface area contributed by atoms with Crippen LogP contribution in [0.2, 0.25) is 10.0 Å². The Morgan fingerprint density at radius 1 is 1.09 bits per heavy atom. The number of nitrogens with one attached hydrogen (secondary N) is 2. The summed E-state index contributed by atoms with van der Waals surface area (Å²) in [7, 11) is 0. The molecule has 1 aromatic heterocycles. The van der Waals surface area contributed by atoms with Crippen molar-refractivity contribution in [3.63, 3.8) is 0 Å². The number of benzene rings is 2. The summed E-state index contributed by atoms with van der Waals surface area (Å²) in [5.41, 5.74) is 3.19. The Kier molecular flexibility index (Phi) is 4.02. The van der Waals surface area contributed by atoms with Gasteiger partial charge in [-0.1, -0.05) is 43.1 Å². The Morgan fingerprint density at radius 2 is 1.91 bits per heavy atom. The summed E-state index contributed by atoms with van der Waals surface area (Å²) in [5.74, 6) is 0. The van der Waals surface area contributed by atoms with Crippen LogP contribution in [-0.2, 0) is 5.41 Å². The molecular weight excluding hydrogens is 317 g/mol. The number of H-pyrrole nitrogens is 1. The van der Waals surface area contributed by atoms with E-state index in [0.717, 1.165) is 28.7 Å². The molecule has 0 spiro atoms. The highest BCUT2D eigenvalue weighted by Gasteiger charge is 2.21. The first-order valence-electron chi connectivity index (χ1n) is 7.08. The highest BCUT2D eigenvalue weighted by Crippen LogP contribution is 2.30. The number of nitrogens with zero attached hydrogens (tertiary/aromatic N) is 1. The zero-order valence-electron chi connectivity index (χ0n) is 12.5. The minimum Gasteiger partial charge on any atom is -0.384 e. The summed E-state index contributed by atoms with van der Waals surface area (Å²) in [6.45, 7) is 5.14. The third-order valence-electron chi connectivity index (χ3n) is 3.88. The third-order valence-corrected chi connectivity index (χ3v) is 4.61. The highest BCUT2D eigenvalue weighted by molar-refractivity contribution is 6.42. The van der Waals surface area contributed by atoms with E-state index in [1.54, 1.807) is 0 Å². The van der Waals surface area contributed by atoms with Crippen LogP contribution in [-0.4, -0.2) is 16.7 Å². The first kappa shape index (κ1) is 15.2. The molecule has 3 aromatic rings. The molecule has 3 nitrogen and oxygen atoms in total. The quantitative estimate of drug-likeness (QED) is 0.683. The molecule has 1 heterocycles. The SMILES string of the molecule is CC(C)(CNc1ccc2[nH]ncc2c1)c1ccc(Cl)c(Cl)c1. The van der Waals surface area contributed by atoms with Crippen molar-refractivity contribution in [1.29, 1.82) is 0 Å². The fraction of sp³-hybridized carbons (Fsp3) is 0.235. The lowest BCUT2D eigenvalue weighted by Gasteiger charge is -2.26. The van der Waals surface area contributed by atoms with Crippen molar-refractivity contribution >= 4 is 39.8 Å². The second-order valence-electron chi connectivity index (χ2n) is 6.04. The monoisotopic (exact) mass is 333 g/mol. The Hall–Kier alpha value is -1.71. The van der Waals surface area contributed by atoms with Gasteiger partial charge in [0.15, 0.2) is 0 Å². The lowest BCUT2D eigenvalue weighted by molar-refractivity contribution is 0.557. The number of hydrogen-bond donors (Lipinski definition) is 2. The molecule has 5 heteroatoms. The summed E-state index contributed by atoms with van der Waals surface area (Å²) >= 11 is 12.1. The number of aromatic nitrogens is 2. The third kappa shape index (κ3) is 3.06. The number of anilines is 1. The van der Waals surface area contributed by atoms with E-state index in [0.29, 0.717) is 10.0 Å². The second-order valence-corrected chi connectivity index (χ2v) is 6.85. The van der Waals surface area contributed by atoms with Gasteiger partial charge in [-0.15, -0.1) is 0 Å². The molecule has 3 rings (SSSR count). The molecule has 0 aliphatic rings. The molecule has 0 aliphatic carbocycles. The second kappa shape index (κ2) is 5.82. The van der Waals surface area contributed by atoms with Crippen LogP contribution in [0.1, 0.15) is 19.4 Å². The Labute approximate surface area is 139 Å². The number of rotatable bonds is 4. The summed E-state index contributed by atoms with van der Waals surface area (Å²) in [5, 5.41) is 12.7. The maximum absolute atomic E-state index is 6.13. The lowest BCUT2D eigenvalue weighted by atomic mass is 9.84. The molecule has 0 saturated carbocycles. The van der Waals surface area contributed by atoms with Crippen LogP contribution < -0.4 is 5.32 Å². The standard InChI is InChI=1S/C17H17Cl2N3/c1-17(2,12-3-5-14(18)15(19)8-12)10-20-13-4-6-16-11(7-13)9-21-22-16/h3-9,20H,10H2,1-2H3,(H,21,22). The molecule has 0 atom stereocenters. The zero-order valence-corrected chi connectivity index (χ0v) is 14.0. The van der Waals surface area contributed by atoms with E-state index in [4.69, 9.17) is 23.2 Å². The number of hydrogen-bond acceptors (Lipinski definition) is 2. The topological polar surface area (TPSA) is 40.7 Å². The van der Waals surface area contributed by atoms with Crippen LogP contribution in [0.15, 0.2) is 42.6 Å². The van der Waals surface area contributed by atoms with E-state index in [2.05, 4.69) is 35.4 Å². The van der Waals surface area contributed by atoms with Gasteiger partial charge < -0.3 is 5.32 Å². The first-order valence-corrected chi connectivity index (χ1v) is 7.84. The molecule has 2 aromatic carbocycles. The molecule has 0 radical (unpaired) electrons. The molecule has 22 heavy (non-hydrogen) atoms. The fourth-order valence-electron chi connectivity index (χ4n) is 2.39. The van der Waals surface area contributed by atoms with E-state index in [1.165, 1.54) is 0 Å². The average molecular weight is 334 g/mol. The van der Waals surface area contributed by atoms with Crippen LogP contribution in [0.4, 0.5) is 5.69 Å². The van der Waals surface area contributed by atoms with Gasteiger partial charge in [-0.2, -0.15) is 5.10 Å². The molecular formula is C17H17Cl2N3. The smallest absolute Gasteiger partial charge is 0.0651 e. The molecule has 0 aliphatic heterocycles. The Morgan fingerprint density at radius 3 is 2.68 bits per heavy atom. The van der Waals surface area contributed by atoms with Crippen molar-refractivity contribution in [2.75, 3.05) is 11.9 Å². The van der Waals surface area contributed by atoms with Crippen LogP contribution in [0.5, 0.6) is 0 Å². The van der Waals surface area contributed by atoms with Gasteiger partial charge in [-0.3, -0.25) is 5.10 Å². The minimum absolute atomic E-state index is 0.0699. The first-order chi connectivity index (χ1) is 10.5. The van der Waals surface area contributed by atoms with E-state index in [9.17, 15) is 0 Å². The van der Waals surface area contributed by atoms with Gasteiger partial charge >= 0.3 is 0 Å². The highest BCUT2D eigenvalue weighted by atomic mass is 35.5. The maximum Gasteiger partial charge on any atom is 0.0651 e. The van der Waals surface area contributed by atoms with Crippen molar-refractivity contribution in [3.05, 3.63) is 58.2 Å². The fourth-order valence-corrected chi connectivity index (χ4v) is 2.69. The van der Waals surface area contributed by atoms with Gasteiger partial charge in [0.25, 0.3) is 0 Å². The summed E-state index contributed by atoms with van der Waals surface area (Å²) in [6, 6.07) is 12.0. The van der Waals surface area contributed by atoms with Gasteiger partial charge in [-0.05, 0) is 35.9 Å². The van der Waals surface area contributed by atoms with Gasteiger partial charge in [0.1, 0.15) is 0 Å². The molecule has 0 bridgehead atoms. The van der Waals surface area contributed by atoms with E-state index >= 15 is 0 Å². The maximum atomic E-state index is 6.13. The average Bonchev–Trinajstić information content (AvgIpc) is 2.95. The summed E-state index contributed by atoms with van der Waals surface area (Å²) in [4.78, 5) is 0. The molecule has 2 N–H and O–H groups in total. The van der Waals surface area contributed by atoms with Gasteiger partial charge in [0, 0.05) is 23.0 Å². The minimum atomic E-state index is -0.0699. The van der Waals surface area contributed by atoms with Crippen LogP contribution >= 0.6 is 23.2 Å². The number of aromatic amines is 1. The van der Waals surface area contributed by atoms with Gasteiger partial charge in [0.2, 0.25) is 0 Å². The predicted molar refractivity (Wildman–Crippen MR) is 94.1 cm³/mol.